The van der Waals surface area contributed by atoms with Crippen molar-refractivity contribution < 1.29 is 13.9 Å². The number of nitrogens with two attached hydrogens (primary N) is 1. The highest BCUT2D eigenvalue weighted by Crippen LogP contribution is 2.29. The van der Waals surface area contributed by atoms with Crippen LogP contribution in [0.25, 0.3) is 0 Å². The summed E-state index contributed by atoms with van der Waals surface area (Å²) in [6.45, 7) is 0. The molecule has 0 saturated carbocycles. The topological polar surface area (TPSA) is 57.4 Å². The van der Waals surface area contributed by atoms with Crippen LogP contribution in [-0.2, 0) is 0 Å². The summed E-state index contributed by atoms with van der Waals surface area (Å²) in [7, 11) is 1.52. The fraction of sp³-hybridized carbons (Fsp3) is 0.0833. The van der Waals surface area contributed by atoms with E-state index in [0.29, 0.717) is 21.7 Å². The molecule has 0 fully saturated rings. The van der Waals surface area contributed by atoms with Crippen LogP contribution >= 0.6 is 15.9 Å². The van der Waals surface area contributed by atoms with Crippen LogP contribution in [0.5, 0.6) is 17.4 Å². The number of benzene rings is 1. The summed E-state index contributed by atoms with van der Waals surface area (Å²) in [5.74, 6) is 0.259. The van der Waals surface area contributed by atoms with E-state index < -0.39 is 5.82 Å². The number of pyridine rings is 1. The van der Waals surface area contributed by atoms with Crippen molar-refractivity contribution in [2.75, 3.05) is 12.8 Å². The molecule has 0 amide bonds. The molecule has 1 aromatic heterocycles. The standard InChI is InChI=1S/C12H10BrFN2O2/c1-17-11-3-2-8(5-10(11)15)18-12-9(14)4-7(13)6-16-12/h2-6H,15H2,1H3. The third-order valence-electron chi connectivity index (χ3n) is 2.19. The molecule has 1 heterocycles. The number of anilines is 1. The van der Waals surface area contributed by atoms with Gasteiger partial charge in [0.15, 0.2) is 5.82 Å². The van der Waals surface area contributed by atoms with Crippen molar-refractivity contribution in [3.8, 4) is 17.4 Å². The molecule has 94 valence electrons. The number of hydrogen-bond acceptors (Lipinski definition) is 4. The third kappa shape index (κ3) is 2.70. The van der Waals surface area contributed by atoms with Gasteiger partial charge in [0.1, 0.15) is 11.5 Å². The Labute approximate surface area is 112 Å². The van der Waals surface area contributed by atoms with Crippen LogP contribution in [0.3, 0.4) is 0 Å². The maximum Gasteiger partial charge on any atom is 0.255 e. The molecule has 4 nitrogen and oxygen atoms in total. The molecule has 0 spiro atoms. The summed E-state index contributed by atoms with van der Waals surface area (Å²) in [6, 6.07) is 6.08. The first-order chi connectivity index (χ1) is 8.60. The normalized spacial score (nSPS) is 10.2. The SMILES string of the molecule is COc1ccc(Oc2ncc(Br)cc2F)cc1N. The largest absolute Gasteiger partial charge is 0.495 e. The van der Waals surface area contributed by atoms with Crippen LogP contribution in [0.15, 0.2) is 34.9 Å². The second-order valence-electron chi connectivity index (χ2n) is 3.45. The van der Waals surface area contributed by atoms with Crippen molar-refractivity contribution in [2.24, 2.45) is 0 Å². The van der Waals surface area contributed by atoms with E-state index in [-0.39, 0.29) is 5.88 Å². The minimum Gasteiger partial charge on any atom is -0.495 e. The first-order valence-electron chi connectivity index (χ1n) is 5.02. The molecule has 0 aliphatic rings. The van der Waals surface area contributed by atoms with Gasteiger partial charge >= 0.3 is 0 Å². The van der Waals surface area contributed by atoms with Crippen LogP contribution in [0, 0.1) is 5.82 Å². The second kappa shape index (κ2) is 5.22. The average Bonchev–Trinajstić information content (AvgIpc) is 2.33. The quantitative estimate of drug-likeness (QED) is 0.883. The minimum absolute atomic E-state index is 0.109. The Kier molecular flexibility index (Phi) is 3.66. The molecule has 0 saturated heterocycles. The lowest BCUT2D eigenvalue weighted by Gasteiger charge is -2.08. The van der Waals surface area contributed by atoms with E-state index >= 15 is 0 Å². The number of ether oxygens (including phenoxy) is 2. The zero-order valence-corrected chi connectivity index (χ0v) is 11.1. The molecule has 18 heavy (non-hydrogen) atoms. The van der Waals surface area contributed by atoms with Crippen LogP contribution in [0.1, 0.15) is 0 Å². The summed E-state index contributed by atoms with van der Waals surface area (Å²) >= 11 is 3.12. The van der Waals surface area contributed by atoms with Crippen LogP contribution < -0.4 is 15.2 Å². The smallest absolute Gasteiger partial charge is 0.255 e. The van der Waals surface area contributed by atoms with Gasteiger partial charge in [-0.3, -0.25) is 0 Å². The highest BCUT2D eigenvalue weighted by Gasteiger charge is 2.08. The summed E-state index contributed by atoms with van der Waals surface area (Å²) in [5.41, 5.74) is 6.13. The number of nitrogens with zero attached hydrogens (tertiary/aromatic N) is 1. The van der Waals surface area contributed by atoms with E-state index in [0.717, 1.165) is 0 Å². The summed E-state index contributed by atoms with van der Waals surface area (Å²) < 4.78 is 24.4. The number of halogens is 2. The molecule has 0 bridgehead atoms. The van der Waals surface area contributed by atoms with Gasteiger partial charge in [-0.25, -0.2) is 9.37 Å². The third-order valence-corrected chi connectivity index (χ3v) is 2.62. The Hall–Kier alpha value is -1.82. The summed E-state index contributed by atoms with van der Waals surface area (Å²) in [4.78, 5) is 3.83. The van der Waals surface area contributed by atoms with Crippen molar-refractivity contribution >= 4 is 21.6 Å². The molecule has 2 rings (SSSR count). The summed E-state index contributed by atoms with van der Waals surface area (Å²) in [6.07, 6.45) is 1.45. The Balaban J connectivity index is 2.26. The maximum atomic E-state index is 13.5. The van der Waals surface area contributed by atoms with Gasteiger partial charge in [0.2, 0.25) is 0 Å². The van der Waals surface area contributed by atoms with E-state index in [2.05, 4.69) is 20.9 Å². The molecule has 6 heteroatoms. The number of methoxy groups -OCH3 is 1. The van der Waals surface area contributed by atoms with Gasteiger partial charge in [0, 0.05) is 16.7 Å². The van der Waals surface area contributed by atoms with Crippen LogP contribution in [0.4, 0.5) is 10.1 Å². The predicted molar refractivity (Wildman–Crippen MR) is 69.4 cm³/mol. The van der Waals surface area contributed by atoms with Gasteiger partial charge in [-0.2, -0.15) is 0 Å². The van der Waals surface area contributed by atoms with Crippen molar-refractivity contribution in [1.29, 1.82) is 0 Å². The van der Waals surface area contributed by atoms with Crippen molar-refractivity contribution in [2.45, 2.75) is 0 Å². The van der Waals surface area contributed by atoms with E-state index in [1.54, 1.807) is 18.2 Å². The molecule has 1 aromatic carbocycles. The van der Waals surface area contributed by atoms with Crippen molar-refractivity contribution in [1.82, 2.24) is 4.98 Å². The summed E-state index contributed by atoms with van der Waals surface area (Å²) in [5, 5.41) is 0. The minimum atomic E-state index is -0.557. The molecule has 2 N–H and O–H groups in total. The fourth-order valence-corrected chi connectivity index (χ4v) is 1.67. The second-order valence-corrected chi connectivity index (χ2v) is 4.36. The first kappa shape index (κ1) is 12.6. The maximum absolute atomic E-state index is 13.5. The monoisotopic (exact) mass is 312 g/mol. The zero-order chi connectivity index (χ0) is 13.1. The number of aromatic nitrogens is 1. The zero-order valence-electron chi connectivity index (χ0n) is 9.48. The van der Waals surface area contributed by atoms with Gasteiger partial charge in [0.05, 0.1) is 12.8 Å². The molecule has 0 atom stereocenters. The lowest BCUT2D eigenvalue weighted by atomic mass is 10.3. The van der Waals surface area contributed by atoms with Gasteiger partial charge < -0.3 is 15.2 Å². The molecular formula is C12H10BrFN2O2. The number of rotatable bonds is 3. The molecule has 0 aliphatic heterocycles. The van der Waals surface area contributed by atoms with Gasteiger partial charge in [0.25, 0.3) is 5.88 Å². The molecule has 0 unspecified atom stereocenters. The molecule has 2 aromatic rings. The van der Waals surface area contributed by atoms with E-state index in [1.807, 2.05) is 0 Å². The van der Waals surface area contributed by atoms with E-state index in [1.165, 1.54) is 19.4 Å². The Bertz CT molecular complexity index is 578. The van der Waals surface area contributed by atoms with E-state index in [4.69, 9.17) is 15.2 Å². The van der Waals surface area contributed by atoms with Crippen molar-refractivity contribution in [3.05, 3.63) is 40.8 Å². The van der Waals surface area contributed by atoms with Gasteiger partial charge in [-0.05, 0) is 34.1 Å². The highest BCUT2D eigenvalue weighted by molar-refractivity contribution is 9.10. The molecule has 0 aliphatic carbocycles. The first-order valence-corrected chi connectivity index (χ1v) is 5.82. The Morgan fingerprint density at radius 1 is 1.33 bits per heavy atom. The number of nitrogen functional groups attached to an aromatic ring is 1. The Morgan fingerprint density at radius 2 is 2.11 bits per heavy atom. The van der Waals surface area contributed by atoms with E-state index in [9.17, 15) is 4.39 Å². The molecular weight excluding hydrogens is 303 g/mol. The Morgan fingerprint density at radius 3 is 2.72 bits per heavy atom. The average molecular weight is 313 g/mol. The molecule has 0 radical (unpaired) electrons. The number of hydrogen-bond donors (Lipinski definition) is 1. The van der Waals surface area contributed by atoms with Crippen LogP contribution in [-0.4, -0.2) is 12.1 Å². The highest BCUT2D eigenvalue weighted by atomic mass is 79.9. The van der Waals surface area contributed by atoms with Crippen molar-refractivity contribution in [3.63, 3.8) is 0 Å². The van der Waals surface area contributed by atoms with Gasteiger partial charge in [-0.1, -0.05) is 0 Å². The lowest BCUT2D eigenvalue weighted by Crippen LogP contribution is -1.95. The predicted octanol–water partition coefficient (Wildman–Crippen LogP) is 3.37. The lowest BCUT2D eigenvalue weighted by molar-refractivity contribution is 0.409. The fourth-order valence-electron chi connectivity index (χ4n) is 1.36. The van der Waals surface area contributed by atoms with Crippen LogP contribution in [0.2, 0.25) is 0 Å². The van der Waals surface area contributed by atoms with Gasteiger partial charge in [-0.15, -0.1) is 0 Å².